The van der Waals surface area contributed by atoms with Crippen molar-refractivity contribution in [2.45, 2.75) is 0 Å². The Hall–Kier alpha value is 2.56. The summed E-state index contributed by atoms with van der Waals surface area (Å²) < 4.78 is 0. The molecule has 0 aliphatic carbocycles. The zero-order valence-electron chi connectivity index (χ0n) is 1.76. The molecule has 4 heavy (non-hydrogen) atoms. The molecule has 0 fully saturated rings. The maximum atomic E-state index is 0. The maximum absolute atomic E-state index is 0. The smallest absolute Gasteiger partial charge is 0 e. The monoisotopic (exact) mass is 276 g/mol. The van der Waals surface area contributed by atoms with Gasteiger partial charge >= 0.3 is 0 Å². The molecular weight excluding hydrogens is 274 g/mol. The Morgan fingerprint density at radius 3 is 1.00 bits per heavy atom. The zero-order valence-corrected chi connectivity index (χ0v) is 8.56. The largest absolute Gasteiger partial charge is 0 e. The van der Waals surface area contributed by atoms with Gasteiger partial charge in [0.1, 0.15) is 0 Å². The first-order valence-electron chi connectivity index (χ1n) is 0. The van der Waals surface area contributed by atoms with Crippen LogP contribution in [0, 0.1) is 0 Å². The van der Waals surface area contributed by atoms with E-state index in [0.29, 0.717) is 0 Å². The second-order valence-corrected chi connectivity index (χ2v) is 0. The van der Waals surface area contributed by atoms with Crippen LogP contribution in [0.2, 0.25) is 0 Å². The number of hydrogen-bond donors (Lipinski definition) is 0. The van der Waals surface area contributed by atoms with E-state index < -0.39 is 0 Å². The molecule has 0 saturated heterocycles. The Morgan fingerprint density at radius 1 is 1.00 bits per heavy atom. The number of hydrogen-bond acceptors (Lipinski definition) is 0. The summed E-state index contributed by atoms with van der Waals surface area (Å²) in [6.07, 6.45) is 0. The SMILES string of the molecule is [Cr].[Fe].[Sn].[Ti]. The minimum absolute atomic E-state index is 0. The van der Waals surface area contributed by atoms with Gasteiger partial charge in [-0.05, 0) is 0 Å². The van der Waals surface area contributed by atoms with Crippen molar-refractivity contribution in [3.8, 4) is 0 Å². The molecule has 4 radical (unpaired) electrons. The molecule has 0 aliphatic rings. The summed E-state index contributed by atoms with van der Waals surface area (Å²) in [5, 5.41) is 0. The van der Waals surface area contributed by atoms with Crippen molar-refractivity contribution >= 4 is 23.9 Å². The second-order valence-electron chi connectivity index (χ2n) is 0. The standard InChI is InChI=1S/Cr.Fe.Sn.Ti. The Bertz CT molecular complexity index is 8.00. The fourth-order valence-corrected chi connectivity index (χ4v) is 0. The van der Waals surface area contributed by atoms with Gasteiger partial charge < -0.3 is 0 Å². The van der Waals surface area contributed by atoms with Crippen LogP contribution >= 0.6 is 0 Å². The van der Waals surface area contributed by atoms with Crippen molar-refractivity contribution < 1.29 is 56.1 Å². The molecule has 0 spiro atoms. The van der Waals surface area contributed by atoms with Crippen LogP contribution in [0.3, 0.4) is 0 Å². The van der Waals surface area contributed by atoms with Crippen LogP contribution < -0.4 is 0 Å². The molecule has 0 aromatic carbocycles. The van der Waals surface area contributed by atoms with Crippen LogP contribution in [0.15, 0.2) is 0 Å². The van der Waals surface area contributed by atoms with Crippen LogP contribution in [0.25, 0.3) is 0 Å². The van der Waals surface area contributed by atoms with Gasteiger partial charge in [0, 0.05) is 80.1 Å². The minimum Gasteiger partial charge on any atom is 0 e. The Kier molecular flexibility index (Phi) is 136. The molecule has 22 valence electrons. The van der Waals surface area contributed by atoms with Crippen LogP contribution in [0.4, 0.5) is 0 Å². The molecule has 0 aromatic heterocycles. The van der Waals surface area contributed by atoms with E-state index in [1.165, 1.54) is 0 Å². The average molecular weight is 274 g/mol. The van der Waals surface area contributed by atoms with Gasteiger partial charge in [-0.1, -0.05) is 0 Å². The van der Waals surface area contributed by atoms with Crippen LogP contribution in [0.5, 0.6) is 0 Å². The second kappa shape index (κ2) is 17.6. The van der Waals surface area contributed by atoms with E-state index in [-0.39, 0.29) is 80.1 Å². The summed E-state index contributed by atoms with van der Waals surface area (Å²) in [7, 11) is 0. The quantitative estimate of drug-likeness (QED) is 0.528. The first kappa shape index (κ1) is 30.9. The third-order valence-electron chi connectivity index (χ3n) is 0. The van der Waals surface area contributed by atoms with Crippen LogP contribution in [-0.2, 0) is 56.1 Å². The fourth-order valence-electron chi connectivity index (χ4n) is 0. The normalized spacial score (nSPS) is 0. The summed E-state index contributed by atoms with van der Waals surface area (Å²) in [5.74, 6) is 0. The summed E-state index contributed by atoms with van der Waals surface area (Å²) in [6.45, 7) is 0. The first-order chi connectivity index (χ1) is 0. The Balaban J connectivity index is 0. The molecule has 0 aromatic rings. The van der Waals surface area contributed by atoms with E-state index in [9.17, 15) is 0 Å². The molecule has 4 heteroatoms. The topological polar surface area (TPSA) is 0 Å². The molecule has 0 unspecified atom stereocenters. The van der Waals surface area contributed by atoms with Gasteiger partial charge in [-0.2, -0.15) is 0 Å². The van der Waals surface area contributed by atoms with Gasteiger partial charge in [-0.15, -0.1) is 0 Å². The van der Waals surface area contributed by atoms with Gasteiger partial charge in [0.15, 0.2) is 0 Å². The molecule has 0 amide bonds. The maximum Gasteiger partial charge on any atom is 0 e. The van der Waals surface area contributed by atoms with Gasteiger partial charge in [0.05, 0.1) is 0 Å². The third-order valence-corrected chi connectivity index (χ3v) is 0. The molecule has 0 heterocycles. The van der Waals surface area contributed by atoms with Crippen molar-refractivity contribution in [1.82, 2.24) is 0 Å². The van der Waals surface area contributed by atoms with Gasteiger partial charge in [-0.25, -0.2) is 0 Å². The summed E-state index contributed by atoms with van der Waals surface area (Å²) in [5.41, 5.74) is 0. The fraction of sp³-hybridized carbons (Fsp3) is 0. The van der Waals surface area contributed by atoms with E-state index in [0.717, 1.165) is 0 Å². The van der Waals surface area contributed by atoms with Gasteiger partial charge in [0.25, 0.3) is 0 Å². The molecule has 0 N–H and O–H groups in total. The summed E-state index contributed by atoms with van der Waals surface area (Å²) in [6, 6.07) is 0. The molecule has 0 bridgehead atoms. The summed E-state index contributed by atoms with van der Waals surface area (Å²) in [4.78, 5) is 0. The van der Waals surface area contributed by atoms with E-state index in [1.807, 2.05) is 0 Å². The number of rotatable bonds is 0. The molecule has 0 saturated carbocycles. The van der Waals surface area contributed by atoms with E-state index in [2.05, 4.69) is 0 Å². The Morgan fingerprint density at radius 2 is 1.00 bits per heavy atom. The van der Waals surface area contributed by atoms with Crippen LogP contribution in [0.1, 0.15) is 0 Å². The van der Waals surface area contributed by atoms with Crippen molar-refractivity contribution in [2.75, 3.05) is 0 Å². The predicted octanol–water partition coefficient (Wildman–Crippen LogP) is -0.388. The first-order valence-corrected chi connectivity index (χ1v) is 0. The van der Waals surface area contributed by atoms with E-state index >= 15 is 0 Å². The molecule has 0 atom stereocenters. The van der Waals surface area contributed by atoms with Crippen molar-refractivity contribution in [3.63, 3.8) is 0 Å². The zero-order chi connectivity index (χ0) is 0. The summed E-state index contributed by atoms with van der Waals surface area (Å²) >= 11 is 0. The minimum atomic E-state index is 0. The van der Waals surface area contributed by atoms with E-state index in [4.69, 9.17) is 0 Å². The van der Waals surface area contributed by atoms with Crippen molar-refractivity contribution in [2.24, 2.45) is 0 Å². The molecule has 0 aliphatic heterocycles. The van der Waals surface area contributed by atoms with Crippen molar-refractivity contribution in [3.05, 3.63) is 0 Å². The third kappa shape index (κ3) is 8.82. The van der Waals surface area contributed by atoms with Crippen molar-refractivity contribution in [1.29, 1.82) is 0 Å². The predicted molar refractivity (Wildman–Crippen MR) is 5.75 cm³/mol. The van der Waals surface area contributed by atoms with Crippen LogP contribution in [-0.4, -0.2) is 23.9 Å². The van der Waals surface area contributed by atoms with Gasteiger partial charge in [-0.3, -0.25) is 0 Å². The Labute approximate surface area is 78.9 Å². The average Bonchev–Trinajstić information content (AvgIpc) is 0. The molecular formula is CrFeSnTi. The molecule has 0 nitrogen and oxygen atoms in total. The molecule has 0 rings (SSSR count). The van der Waals surface area contributed by atoms with Gasteiger partial charge in [0.2, 0.25) is 0 Å². The van der Waals surface area contributed by atoms with E-state index in [1.54, 1.807) is 0 Å².